The van der Waals surface area contributed by atoms with Crippen LogP contribution in [0.2, 0.25) is 0 Å². The van der Waals surface area contributed by atoms with E-state index in [4.69, 9.17) is 16.8 Å². The molecule has 1 atom stereocenters. The summed E-state index contributed by atoms with van der Waals surface area (Å²) in [5.74, 6) is 5.48. The Morgan fingerprint density at radius 3 is 2.69 bits per heavy atom. The molecule has 0 saturated carbocycles. The van der Waals surface area contributed by atoms with E-state index in [1.54, 1.807) is 35.1 Å². The van der Waals surface area contributed by atoms with Crippen LogP contribution in [0, 0.1) is 0 Å². The molecule has 3 aromatic rings. The van der Waals surface area contributed by atoms with Gasteiger partial charge in [0.15, 0.2) is 0 Å². The summed E-state index contributed by atoms with van der Waals surface area (Å²) in [4.78, 5) is 17.5. The van der Waals surface area contributed by atoms with Crippen LogP contribution in [-0.4, -0.2) is 38.8 Å². The maximum atomic E-state index is 12.1. The molecule has 168 valence electrons. The summed E-state index contributed by atoms with van der Waals surface area (Å²) < 4.78 is 4.21. The van der Waals surface area contributed by atoms with Crippen molar-refractivity contribution in [2.24, 2.45) is 11.6 Å². The second-order valence-electron chi connectivity index (χ2n) is 6.77. The van der Waals surface area contributed by atoms with E-state index in [0.717, 1.165) is 25.4 Å². The highest BCUT2D eigenvalue weighted by atomic mass is 32.2. The van der Waals surface area contributed by atoms with Crippen LogP contribution in [-0.2, 0) is 11.2 Å². The molecule has 0 aliphatic rings. The molecule has 2 aromatic heterocycles. The van der Waals surface area contributed by atoms with Gasteiger partial charge >= 0.3 is 0 Å². The number of rotatable bonds is 10. The molecule has 0 spiro atoms. The molecule has 1 amide bonds. The lowest BCUT2D eigenvalue weighted by atomic mass is 10.0. The second kappa shape index (κ2) is 11.5. The Bertz CT molecular complexity index is 1040. The van der Waals surface area contributed by atoms with Gasteiger partial charge in [0.25, 0.3) is 5.91 Å². The van der Waals surface area contributed by atoms with Gasteiger partial charge in [-0.2, -0.15) is 0 Å². The fourth-order valence-corrected chi connectivity index (χ4v) is 4.65. The van der Waals surface area contributed by atoms with Crippen molar-refractivity contribution in [1.82, 2.24) is 20.2 Å². The number of hydroxylamine groups is 1. The third-order valence-corrected chi connectivity index (χ3v) is 6.43. The zero-order valence-electron chi connectivity index (χ0n) is 17.0. The smallest absolute Gasteiger partial charge is 0.267 e. The molecule has 11 heteroatoms. The summed E-state index contributed by atoms with van der Waals surface area (Å²) in [5, 5.41) is 19.6. The van der Waals surface area contributed by atoms with Gasteiger partial charge in [0.2, 0.25) is 0 Å². The maximum absolute atomic E-state index is 12.1. The van der Waals surface area contributed by atoms with Gasteiger partial charge in [-0.1, -0.05) is 18.2 Å². The van der Waals surface area contributed by atoms with Gasteiger partial charge in [-0.3, -0.25) is 19.7 Å². The van der Waals surface area contributed by atoms with Crippen LogP contribution in [0.25, 0.3) is 10.6 Å². The first kappa shape index (κ1) is 23.6. The number of hydrazine groups is 1. The van der Waals surface area contributed by atoms with Gasteiger partial charge in [-0.05, 0) is 53.9 Å². The summed E-state index contributed by atoms with van der Waals surface area (Å²) in [6.07, 6.45) is 3.42. The van der Waals surface area contributed by atoms with Crippen molar-refractivity contribution < 1.29 is 15.1 Å². The van der Waals surface area contributed by atoms with Crippen molar-refractivity contribution in [2.45, 2.75) is 16.7 Å². The number of hydrogen-bond donors (Lipinski definition) is 6. The highest BCUT2D eigenvalue weighted by Gasteiger charge is 2.22. The van der Waals surface area contributed by atoms with E-state index in [1.165, 1.54) is 30.3 Å². The normalized spacial score (nSPS) is 12.4. The number of carbonyl (C=O) groups is 1. The number of amides is 1. The number of hydrogen-bond acceptors (Lipinski definition) is 10. The van der Waals surface area contributed by atoms with Crippen LogP contribution in [0.3, 0.4) is 0 Å². The lowest BCUT2D eigenvalue weighted by Crippen LogP contribution is -2.48. The summed E-state index contributed by atoms with van der Waals surface area (Å²) in [7, 11) is 0. The third-order valence-electron chi connectivity index (χ3n) is 4.40. The van der Waals surface area contributed by atoms with Gasteiger partial charge < -0.3 is 15.8 Å². The van der Waals surface area contributed by atoms with E-state index in [-0.39, 0.29) is 12.2 Å². The number of carbonyl (C=O) groups excluding carboxylic acids is 1. The van der Waals surface area contributed by atoms with Gasteiger partial charge in [0.05, 0.1) is 14.8 Å². The third kappa shape index (κ3) is 6.70. The first-order valence-electron chi connectivity index (χ1n) is 9.58. The highest BCUT2D eigenvalue weighted by Crippen LogP contribution is 2.31. The van der Waals surface area contributed by atoms with Gasteiger partial charge in [-0.25, -0.2) is 11.3 Å². The Kier molecular flexibility index (Phi) is 8.48. The minimum atomic E-state index is -0.894. The van der Waals surface area contributed by atoms with Crippen LogP contribution < -0.4 is 21.8 Å². The van der Waals surface area contributed by atoms with Crippen LogP contribution in [0.1, 0.15) is 5.56 Å². The number of nitrogens with one attached hydrogen (secondary N) is 2. The number of phenols is 1. The van der Waals surface area contributed by atoms with E-state index in [9.17, 15) is 9.90 Å². The Labute approximate surface area is 193 Å². The molecule has 8 N–H and O–H groups in total. The average Bonchev–Trinajstić information content (AvgIpc) is 3.27. The van der Waals surface area contributed by atoms with Crippen LogP contribution in [0.4, 0.5) is 0 Å². The summed E-state index contributed by atoms with van der Waals surface area (Å²) in [6.45, 7) is 0.321. The molecule has 0 radical (unpaired) electrons. The van der Waals surface area contributed by atoms with Gasteiger partial charge in [0.1, 0.15) is 11.8 Å². The molecule has 1 aromatic carbocycles. The molecule has 0 aliphatic carbocycles. The van der Waals surface area contributed by atoms with Gasteiger partial charge in [-0.15, -0.1) is 11.3 Å². The Hall–Kier alpha value is -3.09. The average molecular weight is 473 g/mol. The second-order valence-corrected chi connectivity index (χ2v) is 9.05. The van der Waals surface area contributed by atoms with Crippen molar-refractivity contribution in [3.63, 3.8) is 0 Å². The lowest BCUT2D eigenvalue weighted by Gasteiger charge is -2.25. The number of aromatic nitrogens is 1. The van der Waals surface area contributed by atoms with E-state index in [0.29, 0.717) is 12.2 Å². The summed E-state index contributed by atoms with van der Waals surface area (Å²) in [6, 6.07) is 15.3. The predicted molar refractivity (Wildman–Crippen MR) is 125 cm³/mol. The molecule has 3 rings (SSSR count). The molecule has 0 saturated heterocycles. The molecular weight excluding hydrogens is 448 g/mol. The molecule has 0 unspecified atom stereocenters. The number of aromatic hydroxyl groups is 1. The monoisotopic (exact) mass is 472 g/mol. The van der Waals surface area contributed by atoms with Crippen molar-refractivity contribution in [2.75, 3.05) is 6.54 Å². The van der Waals surface area contributed by atoms with Gasteiger partial charge in [0, 0.05) is 31.1 Å². The molecule has 0 bridgehead atoms. The maximum Gasteiger partial charge on any atom is 0.267 e. The number of nitrogens with zero attached hydrogens (tertiary/aromatic N) is 2. The Morgan fingerprint density at radius 1 is 1.22 bits per heavy atom. The SMILES string of the molecule is N/C(=C\N(N)[C@H](Cc1ccc(O)cc1)C(=O)NO)CNSc1ccc(-c2ccccn2)s1. The van der Waals surface area contributed by atoms with Crippen molar-refractivity contribution >= 4 is 29.2 Å². The topological polar surface area (TPSA) is 150 Å². The highest BCUT2D eigenvalue weighted by molar-refractivity contribution is 7.99. The number of pyridine rings is 1. The molecule has 0 aliphatic heterocycles. The largest absolute Gasteiger partial charge is 0.508 e. The van der Waals surface area contributed by atoms with E-state index >= 15 is 0 Å². The minimum absolute atomic E-state index is 0.118. The zero-order valence-corrected chi connectivity index (χ0v) is 18.6. The molecule has 2 heterocycles. The van der Waals surface area contributed by atoms with Crippen LogP contribution in [0.15, 0.2) is 76.9 Å². The molecular formula is C21H24N6O3S2. The fourth-order valence-electron chi connectivity index (χ4n) is 2.80. The predicted octanol–water partition coefficient (Wildman–Crippen LogP) is 2.20. The summed E-state index contributed by atoms with van der Waals surface area (Å²) in [5.41, 5.74) is 9.77. The molecule has 32 heavy (non-hydrogen) atoms. The first-order valence-corrected chi connectivity index (χ1v) is 11.2. The zero-order chi connectivity index (χ0) is 22.9. The number of nitrogens with two attached hydrogens (primary N) is 2. The van der Waals surface area contributed by atoms with Crippen LogP contribution in [0.5, 0.6) is 5.75 Å². The van der Waals surface area contributed by atoms with Crippen molar-refractivity contribution in [1.29, 1.82) is 0 Å². The Morgan fingerprint density at radius 2 is 2.00 bits per heavy atom. The molecule has 9 nitrogen and oxygen atoms in total. The quantitative estimate of drug-likeness (QED) is 0.113. The molecule has 0 fully saturated rings. The minimum Gasteiger partial charge on any atom is -0.508 e. The van der Waals surface area contributed by atoms with E-state index in [1.807, 2.05) is 30.3 Å². The Balaban J connectivity index is 1.55. The first-order chi connectivity index (χ1) is 15.5. The number of benzene rings is 1. The number of thiophene rings is 1. The van der Waals surface area contributed by atoms with Crippen LogP contribution >= 0.6 is 23.3 Å². The van der Waals surface area contributed by atoms with E-state index in [2.05, 4.69) is 9.71 Å². The standard InChI is InChI=1S/C21H24N6O3S2/c22-15(12-25-32-20-9-8-19(31-20)17-3-1-2-10-24-17)13-27(23)18(21(29)26-30)11-14-4-6-16(28)7-5-14/h1-10,13,18,25,28,30H,11-12,22-23H2,(H,26,29)/b15-13-/t18-/m1/s1. The van der Waals surface area contributed by atoms with Crippen molar-refractivity contribution in [3.8, 4) is 16.3 Å². The van der Waals surface area contributed by atoms with Crippen molar-refractivity contribution in [3.05, 3.63) is 78.3 Å². The summed E-state index contributed by atoms with van der Waals surface area (Å²) >= 11 is 3.04. The fraction of sp³-hybridized carbons (Fsp3) is 0.143. The number of phenolic OH excluding ortho intramolecular Hbond substituents is 1. The lowest BCUT2D eigenvalue weighted by molar-refractivity contribution is -0.134. The van der Waals surface area contributed by atoms with E-state index < -0.39 is 11.9 Å².